The van der Waals surface area contributed by atoms with Crippen LogP contribution in [0.15, 0.2) is 34.5 Å². The number of aromatic carboxylic acids is 1. The summed E-state index contributed by atoms with van der Waals surface area (Å²) < 4.78 is 52.3. The number of para-hydroxylation sites is 1. The first-order chi connectivity index (χ1) is 9.31. The maximum Gasteiger partial charge on any atom is 0.345 e. The summed E-state index contributed by atoms with van der Waals surface area (Å²) in [7, 11) is -4.25. The maximum absolute atomic E-state index is 13.4. The van der Waals surface area contributed by atoms with Crippen LogP contribution in [-0.4, -0.2) is 19.5 Å². The Bertz CT molecular complexity index is 750. The summed E-state index contributed by atoms with van der Waals surface area (Å²) >= 11 is 0.697. The molecule has 0 aliphatic rings. The highest BCUT2D eigenvalue weighted by molar-refractivity contribution is 7.92. The molecule has 0 aliphatic carbocycles. The van der Waals surface area contributed by atoms with E-state index in [1.54, 1.807) is 4.72 Å². The van der Waals surface area contributed by atoms with Crippen LogP contribution < -0.4 is 4.72 Å². The molecule has 5 nitrogen and oxygen atoms in total. The fourth-order valence-corrected chi connectivity index (χ4v) is 3.55. The lowest BCUT2D eigenvalue weighted by atomic mass is 10.3. The van der Waals surface area contributed by atoms with Crippen molar-refractivity contribution in [3.8, 4) is 0 Å². The molecule has 0 fully saturated rings. The van der Waals surface area contributed by atoms with Crippen LogP contribution in [0.5, 0.6) is 0 Å². The highest BCUT2D eigenvalue weighted by Gasteiger charge is 2.21. The average molecular weight is 319 g/mol. The lowest BCUT2D eigenvalue weighted by molar-refractivity contribution is 0.0702. The molecular weight excluding hydrogens is 312 g/mol. The van der Waals surface area contributed by atoms with Crippen LogP contribution in [0.25, 0.3) is 0 Å². The SMILES string of the molecule is O=C(O)c1cc(S(=O)(=O)Nc2c(F)cccc2F)cs1. The Labute approximate surface area is 116 Å². The highest BCUT2D eigenvalue weighted by atomic mass is 32.2. The van der Waals surface area contributed by atoms with Gasteiger partial charge in [-0.05, 0) is 18.2 Å². The number of thiophene rings is 1. The van der Waals surface area contributed by atoms with Crippen molar-refractivity contribution in [2.24, 2.45) is 0 Å². The third-order valence-electron chi connectivity index (χ3n) is 2.30. The number of carbonyl (C=O) groups is 1. The molecule has 106 valence electrons. The van der Waals surface area contributed by atoms with Gasteiger partial charge in [0.2, 0.25) is 0 Å². The molecule has 9 heteroatoms. The quantitative estimate of drug-likeness (QED) is 0.907. The Kier molecular flexibility index (Phi) is 3.73. The van der Waals surface area contributed by atoms with Crippen molar-refractivity contribution in [3.05, 3.63) is 46.2 Å². The van der Waals surface area contributed by atoms with Crippen LogP contribution in [0.2, 0.25) is 0 Å². The van der Waals surface area contributed by atoms with E-state index in [2.05, 4.69) is 0 Å². The van der Waals surface area contributed by atoms with E-state index in [0.717, 1.165) is 29.6 Å². The van der Waals surface area contributed by atoms with Gasteiger partial charge < -0.3 is 5.11 Å². The van der Waals surface area contributed by atoms with Gasteiger partial charge in [-0.2, -0.15) is 0 Å². The number of anilines is 1. The molecule has 0 aliphatic heterocycles. The zero-order valence-electron chi connectivity index (χ0n) is 9.63. The van der Waals surface area contributed by atoms with E-state index in [1.807, 2.05) is 0 Å². The van der Waals surface area contributed by atoms with Gasteiger partial charge in [-0.25, -0.2) is 22.0 Å². The lowest BCUT2D eigenvalue weighted by Gasteiger charge is -2.08. The monoisotopic (exact) mass is 319 g/mol. The van der Waals surface area contributed by atoms with Gasteiger partial charge in [0.15, 0.2) is 0 Å². The highest BCUT2D eigenvalue weighted by Crippen LogP contribution is 2.25. The van der Waals surface area contributed by atoms with Crippen LogP contribution in [0.1, 0.15) is 9.67 Å². The normalized spacial score (nSPS) is 11.3. The van der Waals surface area contributed by atoms with Crippen LogP contribution in [0.3, 0.4) is 0 Å². The van der Waals surface area contributed by atoms with Gasteiger partial charge in [0.25, 0.3) is 10.0 Å². The predicted molar refractivity (Wildman–Crippen MR) is 68.4 cm³/mol. The zero-order valence-corrected chi connectivity index (χ0v) is 11.3. The second-order valence-corrected chi connectivity index (χ2v) is 6.25. The summed E-state index contributed by atoms with van der Waals surface area (Å²) in [6.45, 7) is 0. The standard InChI is InChI=1S/C11H7F2NO4S2/c12-7-2-1-3-8(13)10(7)14-20(17,18)6-4-9(11(15)16)19-5-6/h1-5,14H,(H,15,16). The zero-order chi connectivity index (χ0) is 14.9. The molecule has 0 unspecified atom stereocenters. The maximum atomic E-state index is 13.4. The third-order valence-corrected chi connectivity index (χ3v) is 4.69. The number of carboxylic acids is 1. The summed E-state index contributed by atoms with van der Waals surface area (Å²) in [4.78, 5) is 10.1. The number of carboxylic acid groups (broad SMARTS) is 1. The van der Waals surface area contributed by atoms with Crippen molar-refractivity contribution >= 4 is 33.0 Å². The molecule has 0 radical (unpaired) electrons. The molecule has 2 rings (SSSR count). The number of halogens is 2. The molecule has 0 atom stereocenters. The van der Waals surface area contributed by atoms with Gasteiger partial charge in [0.1, 0.15) is 22.2 Å². The van der Waals surface area contributed by atoms with Crippen molar-refractivity contribution in [3.63, 3.8) is 0 Å². The molecule has 20 heavy (non-hydrogen) atoms. The Balaban J connectivity index is 2.38. The van der Waals surface area contributed by atoms with Crippen LogP contribution in [-0.2, 0) is 10.0 Å². The van der Waals surface area contributed by atoms with Crippen molar-refractivity contribution in [1.29, 1.82) is 0 Å². The molecule has 0 spiro atoms. The van der Waals surface area contributed by atoms with Gasteiger partial charge >= 0.3 is 5.97 Å². The number of nitrogens with one attached hydrogen (secondary N) is 1. The molecular formula is C11H7F2NO4S2. The van der Waals surface area contributed by atoms with E-state index in [4.69, 9.17) is 5.11 Å². The number of hydrogen-bond acceptors (Lipinski definition) is 4. The summed E-state index contributed by atoms with van der Waals surface area (Å²) in [5.41, 5.74) is -0.810. The van der Waals surface area contributed by atoms with Crippen molar-refractivity contribution < 1.29 is 27.1 Å². The molecule has 0 amide bonds. The predicted octanol–water partition coefficient (Wildman–Crippen LogP) is 2.53. The summed E-state index contributed by atoms with van der Waals surface area (Å²) in [6.07, 6.45) is 0. The van der Waals surface area contributed by atoms with Gasteiger partial charge in [0, 0.05) is 5.38 Å². The minimum Gasteiger partial charge on any atom is -0.477 e. The van der Waals surface area contributed by atoms with Crippen molar-refractivity contribution in [2.75, 3.05) is 4.72 Å². The molecule has 1 aromatic heterocycles. The molecule has 2 aromatic rings. The Morgan fingerprint density at radius 2 is 1.85 bits per heavy atom. The molecule has 1 aromatic carbocycles. The fraction of sp³-hybridized carbons (Fsp3) is 0. The van der Waals surface area contributed by atoms with Gasteiger partial charge in [-0.3, -0.25) is 4.72 Å². The van der Waals surface area contributed by atoms with E-state index in [1.165, 1.54) is 0 Å². The first kappa shape index (κ1) is 14.4. The second kappa shape index (κ2) is 5.17. The molecule has 0 bridgehead atoms. The van der Waals surface area contributed by atoms with Crippen LogP contribution >= 0.6 is 11.3 Å². The van der Waals surface area contributed by atoms with E-state index >= 15 is 0 Å². The summed E-state index contributed by atoms with van der Waals surface area (Å²) in [6, 6.07) is 3.80. The molecule has 0 saturated carbocycles. The lowest BCUT2D eigenvalue weighted by Crippen LogP contribution is -2.14. The number of sulfonamides is 1. The largest absolute Gasteiger partial charge is 0.477 e. The van der Waals surface area contributed by atoms with Crippen LogP contribution in [0.4, 0.5) is 14.5 Å². The number of benzene rings is 1. The van der Waals surface area contributed by atoms with Crippen molar-refractivity contribution in [2.45, 2.75) is 4.90 Å². The van der Waals surface area contributed by atoms with Crippen molar-refractivity contribution in [1.82, 2.24) is 0 Å². The average Bonchev–Trinajstić information content (AvgIpc) is 2.84. The third kappa shape index (κ3) is 2.78. The van der Waals surface area contributed by atoms with Gasteiger partial charge in [-0.1, -0.05) is 6.07 Å². The molecule has 0 saturated heterocycles. The molecule has 2 N–H and O–H groups in total. The number of rotatable bonds is 4. The Hall–Kier alpha value is -2.00. The summed E-state index contributed by atoms with van der Waals surface area (Å²) in [5.74, 6) is -3.42. The Morgan fingerprint density at radius 3 is 2.35 bits per heavy atom. The second-order valence-electron chi connectivity index (χ2n) is 3.65. The smallest absolute Gasteiger partial charge is 0.345 e. The topological polar surface area (TPSA) is 83.5 Å². The van der Waals surface area contributed by atoms with E-state index in [-0.39, 0.29) is 9.77 Å². The van der Waals surface area contributed by atoms with E-state index in [0.29, 0.717) is 11.3 Å². The summed E-state index contributed by atoms with van der Waals surface area (Å²) in [5, 5.41) is 9.79. The van der Waals surface area contributed by atoms with Crippen LogP contribution in [0, 0.1) is 11.6 Å². The first-order valence-corrected chi connectivity index (χ1v) is 7.46. The first-order valence-electron chi connectivity index (χ1n) is 5.10. The van der Waals surface area contributed by atoms with E-state index < -0.39 is 33.3 Å². The minimum atomic E-state index is -4.25. The van der Waals surface area contributed by atoms with Gasteiger partial charge in [0.05, 0.1) is 4.90 Å². The fourth-order valence-electron chi connectivity index (χ4n) is 1.36. The van der Waals surface area contributed by atoms with Gasteiger partial charge in [-0.15, -0.1) is 11.3 Å². The minimum absolute atomic E-state index is 0.195. The Morgan fingerprint density at radius 1 is 1.25 bits per heavy atom. The number of hydrogen-bond donors (Lipinski definition) is 2. The molecule has 1 heterocycles. The van der Waals surface area contributed by atoms with E-state index in [9.17, 15) is 22.0 Å².